The quantitative estimate of drug-likeness (QED) is 0.0165. The number of nitrogens with zero attached hydrogens (tertiary/aromatic N) is 20. The lowest BCUT2D eigenvalue weighted by atomic mass is 9.98. The molecular formula is C106H119F3N28O11S. The molecule has 776 valence electrons. The molecule has 2 atom stereocenters. The Bertz CT molecular complexity index is 7340. The predicted octanol–water partition coefficient (Wildman–Crippen LogP) is 17.3. The number of ether oxygens (including phenoxy) is 5. The van der Waals surface area contributed by atoms with Gasteiger partial charge in [0.25, 0.3) is 0 Å². The van der Waals surface area contributed by atoms with Crippen LogP contribution in [0.5, 0.6) is 23.0 Å². The summed E-state index contributed by atoms with van der Waals surface area (Å²) in [5.74, 6) is 1.42. The molecule has 2 aliphatic rings. The Morgan fingerprint density at radius 2 is 0.792 bits per heavy atom. The largest absolute Gasteiger partial charge is 0.494 e. The predicted molar refractivity (Wildman–Crippen MR) is 584 cm³/mol. The average molecular weight is 2050 g/mol. The van der Waals surface area contributed by atoms with Gasteiger partial charge < -0.3 is 114 Å². The molecule has 0 radical (unpaired) electrons. The Morgan fingerprint density at radius 3 is 1.18 bits per heavy atom. The number of allylic oxidation sites excluding steroid dienone is 2. The van der Waals surface area contributed by atoms with Crippen molar-refractivity contribution in [1.29, 1.82) is 0 Å². The molecule has 149 heavy (non-hydrogen) atoms. The first-order valence-corrected chi connectivity index (χ1v) is 47.6. The average Bonchev–Trinajstić information content (AvgIpc) is 1.42. The van der Waals surface area contributed by atoms with Gasteiger partial charge >= 0.3 is 0 Å². The zero-order valence-corrected chi connectivity index (χ0v) is 86.8. The molecule has 0 fully saturated rings. The van der Waals surface area contributed by atoms with Crippen molar-refractivity contribution in [2.75, 3.05) is 228 Å². The van der Waals surface area contributed by atoms with E-state index in [0.717, 1.165) is 96.6 Å². The van der Waals surface area contributed by atoms with Crippen LogP contribution < -0.4 is 81.1 Å². The molecule has 39 nitrogen and oxygen atoms in total. The zero-order chi connectivity index (χ0) is 107. The van der Waals surface area contributed by atoms with Gasteiger partial charge in [-0.3, -0.25) is 19.2 Å². The summed E-state index contributed by atoms with van der Waals surface area (Å²) in [6.45, 7) is 23.8. The van der Waals surface area contributed by atoms with Crippen LogP contribution in [0.2, 0.25) is 0 Å². The number of hydrogen-bond acceptors (Lipinski definition) is 36. The number of nitrogens with one attached hydrogen (secondary N) is 8. The summed E-state index contributed by atoms with van der Waals surface area (Å²) in [6, 6.07) is 33.0. The molecule has 8 heterocycles. The number of amides is 4. The summed E-state index contributed by atoms with van der Waals surface area (Å²) >= 11 is 1.59. The van der Waals surface area contributed by atoms with Crippen LogP contribution >= 0.6 is 11.3 Å². The number of methoxy groups -OCH3 is 4. The second kappa shape index (κ2) is 50.5. The fraction of sp³-hybridized carbons (Fsp3) is 0.264. The van der Waals surface area contributed by atoms with E-state index in [0.29, 0.717) is 131 Å². The number of carbonyl (C=O) groups excluding carboxylic acids is 4. The molecule has 2 unspecified atom stereocenters. The van der Waals surface area contributed by atoms with E-state index in [9.17, 15) is 32.3 Å². The van der Waals surface area contributed by atoms with Crippen LogP contribution in [0, 0.1) is 18.6 Å². The van der Waals surface area contributed by atoms with Crippen molar-refractivity contribution >= 4 is 171 Å². The van der Waals surface area contributed by atoms with Crippen LogP contribution in [0.3, 0.4) is 0 Å². The van der Waals surface area contributed by atoms with Crippen molar-refractivity contribution in [1.82, 2.24) is 74.4 Å². The van der Waals surface area contributed by atoms with Gasteiger partial charge in [-0.2, -0.15) is 0 Å². The number of likely N-dealkylation sites (N-methyl/N-ethyl adjacent to an activating group) is 8. The van der Waals surface area contributed by atoms with Crippen LogP contribution in [0.25, 0.3) is 71.8 Å². The highest BCUT2D eigenvalue weighted by Crippen LogP contribution is 2.45. The first kappa shape index (κ1) is 109. The third kappa shape index (κ3) is 28.5. The van der Waals surface area contributed by atoms with Crippen molar-refractivity contribution in [3.8, 4) is 56.8 Å². The van der Waals surface area contributed by atoms with Gasteiger partial charge in [-0.05, 0) is 178 Å². The monoisotopic (exact) mass is 2050 g/mol. The van der Waals surface area contributed by atoms with Crippen molar-refractivity contribution in [3.05, 3.63) is 244 Å². The minimum Gasteiger partial charge on any atom is -0.494 e. The van der Waals surface area contributed by atoms with Gasteiger partial charge in [-0.15, -0.1) is 11.3 Å². The lowest BCUT2D eigenvalue weighted by Crippen LogP contribution is -2.29. The number of rotatable bonds is 40. The Labute approximate surface area is 864 Å². The van der Waals surface area contributed by atoms with E-state index in [1.54, 1.807) is 127 Å². The number of anilines is 16. The van der Waals surface area contributed by atoms with E-state index in [1.165, 1.54) is 48.9 Å². The molecule has 16 rings (SSSR count). The minimum absolute atomic E-state index is 0.0885. The maximum absolute atomic E-state index is 14.7. The highest BCUT2D eigenvalue weighted by Gasteiger charge is 2.36. The Kier molecular flexibility index (Phi) is 36.9. The standard InChI is InChI=1S/C27H30FN7O3.C27H32FN7O3.C26H28FN7O3.C26H29N7O2S/c1-7-25(36)31-20-14-21(23(37-6)15-22(20)35(5)11-10-34(3)4)33-27-29-9-8-19(32-27)17-12-18(28)26-24(13-17)38-16(2)30-26;1-7-25(36)31-20-14-21(24(37-6)15-23(20)35(5)11-10-34(3)4)33-27-29-9-8-19(32-27)17-12-18(28)26-22(13-17)30-16(2)38-26;1-6-24(35)30-19-13-20(23(36-5)14-22(19)34(4)10-9-33(2)3)32-26-28-8-7-18(31-26)16-11-17(27)25-21(12-16)29-15-37-25;1-6-25(34)29-20-14-21(23(35-5)15-22(20)33(4)12-11-32(2)3)31-26-27-10-9-18(30-26)17-7-8-19-24(13-17)36-16-28-19/h7-9,12-15H,1,10-11H2,2-6H3,(H,31,36)(H,29,32,33);7-9,12-15,22,26H,1,10-11H2,2-6H3,(H,31,36)(H,29,32,33);6-8,11-15H,1,9-10H2,2-5H3,(H,30,35)(H,28,31,32);6-10,13-16H,1,11-12H2,2-5H3,(H,29,34)(H,27,30,31). The molecular weight excluding hydrogens is 1930 g/mol. The van der Waals surface area contributed by atoms with E-state index in [-0.39, 0.29) is 52.6 Å². The second-order valence-corrected chi connectivity index (χ2v) is 36.0. The number of carbonyl (C=O) groups is 4. The summed E-state index contributed by atoms with van der Waals surface area (Å²) in [5, 5.41) is 24.2. The summed E-state index contributed by atoms with van der Waals surface area (Å²) in [4.78, 5) is 118. The number of aliphatic imine (C=N–C) groups is 1. The Morgan fingerprint density at radius 1 is 0.416 bits per heavy atom. The van der Waals surface area contributed by atoms with E-state index < -0.39 is 29.6 Å². The van der Waals surface area contributed by atoms with E-state index in [2.05, 4.69) is 154 Å². The fourth-order valence-electron chi connectivity index (χ4n) is 15.3. The highest BCUT2D eigenvalue weighted by molar-refractivity contribution is 7.16. The number of aromatic nitrogens is 11. The molecule has 7 aromatic carbocycles. The van der Waals surface area contributed by atoms with E-state index in [4.69, 9.17) is 37.5 Å². The molecule has 14 aromatic rings. The molecule has 43 heteroatoms. The SMILES string of the molecule is C=CC(=O)Nc1cc(Nc2nccc(-c3cc(F)c4nc(C)oc4c3)n2)c(OC)cc1N(C)CCN(C)C.C=CC(=O)Nc1cc(Nc2nccc(-c3cc(F)c4ocnc4c3)n2)c(OC)cc1N(C)CCN(C)C.C=CC(=O)Nc1cc(Nc2nccc(-c3ccc4ncsc4c3)n2)c(OC)cc1N(C)CCN(C)C.C=CC(=O)Nc1cc(Nc2nccc(C3=CC4N=C(C)OC4C(F)=C3)n2)c(OC)cc1N(C)CCN(C)C. The first-order valence-electron chi connectivity index (χ1n) is 46.7. The van der Waals surface area contributed by atoms with Crippen molar-refractivity contribution < 1.29 is 64.9 Å². The maximum atomic E-state index is 14.7. The third-order valence-electron chi connectivity index (χ3n) is 23.1. The number of thiazole rings is 1. The molecule has 4 amide bonds. The lowest BCUT2D eigenvalue weighted by Gasteiger charge is -2.26. The summed E-state index contributed by atoms with van der Waals surface area (Å²) < 4.78 is 83.5. The van der Waals surface area contributed by atoms with Crippen molar-refractivity contribution in [2.24, 2.45) is 4.99 Å². The number of oxazole rings is 2. The molecule has 0 saturated carbocycles. The third-order valence-corrected chi connectivity index (χ3v) is 23.9. The summed E-state index contributed by atoms with van der Waals surface area (Å²) in [5.41, 5.74) is 16.3. The normalized spacial score (nSPS) is 12.8. The van der Waals surface area contributed by atoms with Gasteiger partial charge in [0.05, 0.1) is 135 Å². The van der Waals surface area contributed by atoms with Crippen molar-refractivity contribution in [2.45, 2.75) is 26.0 Å². The van der Waals surface area contributed by atoms with Gasteiger partial charge in [0.15, 0.2) is 47.1 Å². The van der Waals surface area contributed by atoms with E-state index in [1.807, 2.05) is 159 Å². The minimum atomic E-state index is -0.721. The molecule has 7 aromatic heterocycles. The number of benzene rings is 7. The number of fused-ring (bicyclic) bond motifs is 4. The van der Waals surface area contributed by atoms with Gasteiger partial charge in [-0.25, -0.2) is 73.0 Å². The number of hydrogen-bond donors (Lipinski definition) is 8. The van der Waals surface area contributed by atoms with Crippen molar-refractivity contribution in [3.63, 3.8) is 0 Å². The topological polar surface area (TPSA) is 417 Å². The van der Waals surface area contributed by atoms with Crippen LogP contribution in [-0.4, -0.2) is 281 Å². The maximum Gasteiger partial charge on any atom is 0.247 e. The number of halogens is 3. The zero-order valence-electron chi connectivity index (χ0n) is 86.0. The smallest absolute Gasteiger partial charge is 0.247 e. The Hall–Kier alpha value is -17.3. The Balaban J connectivity index is 0.000000166. The van der Waals surface area contributed by atoms with Crippen LogP contribution in [0.15, 0.2) is 234 Å². The molecule has 0 saturated heterocycles. The van der Waals surface area contributed by atoms with Crippen LogP contribution in [0.4, 0.5) is 105 Å². The highest BCUT2D eigenvalue weighted by atomic mass is 32.1. The van der Waals surface area contributed by atoms with Gasteiger partial charge in [0.2, 0.25) is 47.4 Å². The second-order valence-electron chi connectivity index (χ2n) is 35.1. The lowest BCUT2D eigenvalue weighted by molar-refractivity contribution is -0.112. The van der Waals surface area contributed by atoms with Gasteiger partial charge in [0.1, 0.15) is 45.9 Å². The number of aryl methyl sites for hydroxylation is 1. The molecule has 1 aliphatic carbocycles. The molecule has 0 bridgehead atoms. The molecule has 1 aliphatic heterocycles. The van der Waals surface area contributed by atoms with Gasteiger partial charge in [-0.1, -0.05) is 32.4 Å². The fourth-order valence-corrected chi connectivity index (χ4v) is 16.0. The first-order chi connectivity index (χ1) is 71.5. The van der Waals surface area contributed by atoms with Crippen LogP contribution in [-0.2, 0) is 23.9 Å². The molecule has 0 spiro atoms. The van der Waals surface area contributed by atoms with E-state index >= 15 is 0 Å². The molecule has 8 N–H and O–H groups in total. The summed E-state index contributed by atoms with van der Waals surface area (Å²) in [7, 11) is 30.1. The van der Waals surface area contributed by atoms with Crippen LogP contribution in [0.1, 0.15) is 18.5 Å². The summed E-state index contributed by atoms with van der Waals surface area (Å²) in [6.07, 6.45) is 15.0. The van der Waals surface area contributed by atoms with Gasteiger partial charge in [0, 0.05) is 166 Å².